The van der Waals surface area contributed by atoms with Crippen LogP contribution in [0.4, 0.5) is 11.4 Å². The van der Waals surface area contributed by atoms with Gasteiger partial charge in [0.15, 0.2) is 10.8 Å². The van der Waals surface area contributed by atoms with E-state index in [0.717, 1.165) is 5.69 Å². The number of anilines is 2. The highest BCUT2D eigenvalue weighted by Gasteiger charge is 2.11. The second-order valence-corrected chi connectivity index (χ2v) is 4.45. The molecule has 0 amide bonds. The van der Waals surface area contributed by atoms with Crippen LogP contribution in [0.1, 0.15) is 0 Å². The minimum atomic E-state index is -0.464. The van der Waals surface area contributed by atoms with E-state index in [1.807, 2.05) is 25.1 Å². The van der Waals surface area contributed by atoms with Gasteiger partial charge in [0.25, 0.3) is 5.56 Å². The van der Waals surface area contributed by atoms with E-state index < -0.39 is 5.56 Å². The van der Waals surface area contributed by atoms with Gasteiger partial charge in [-0.1, -0.05) is 11.6 Å². The van der Waals surface area contributed by atoms with Crippen molar-refractivity contribution in [2.45, 2.75) is 0 Å². The predicted molar refractivity (Wildman–Crippen MR) is 75.1 cm³/mol. The van der Waals surface area contributed by atoms with Crippen LogP contribution in [0.2, 0.25) is 5.02 Å². The lowest BCUT2D eigenvalue weighted by molar-refractivity contribution is 0.463. The molecule has 0 saturated heterocycles. The molecular weight excluding hydrogens is 268 g/mol. The SMILES string of the molecule is CN(C)c1ccc(N)c(Oc2nc[nH]c(=O)c2Cl)c1. The molecule has 0 unspecified atom stereocenters. The van der Waals surface area contributed by atoms with E-state index in [4.69, 9.17) is 22.1 Å². The van der Waals surface area contributed by atoms with Crippen LogP contribution in [0.25, 0.3) is 0 Å². The topological polar surface area (TPSA) is 84.2 Å². The van der Waals surface area contributed by atoms with Crippen molar-refractivity contribution in [3.05, 3.63) is 39.9 Å². The Kier molecular flexibility index (Phi) is 3.62. The van der Waals surface area contributed by atoms with Crippen molar-refractivity contribution in [1.82, 2.24) is 9.97 Å². The number of nitrogens with zero attached hydrogens (tertiary/aromatic N) is 2. The fourth-order valence-electron chi connectivity index (χ4n) is 1.43. The van der Waals surface area contributed by atoms with E-state index in [2.05, 4.69) is 9.97 Å². The van der Waals surface area contributed by atoms with Crippen LogP contribution in [0.3, 0.4) is 0 Å². The Morgan fingerprint density at radius 1 is 1.42 bits per heavy atom. The Balaban J connectivity index is 2.40. The van der Waals surface area contributed by atoms with Crippen molar-refractivity contribution in [3.63, 3.8) is 0 Å². The lowest BCUT2D eigenvalue weighted by atomic mass is 10.2. The molecular formula is C12H13ClN4O2. The normalized spacial score (nSPS) is 10.3. The minimum Gasteiger partial charge on any atom is -0.435 e. The molecule has 0 aliphatic heterocycles. The number of benzene rings is 1. The first-order valence-electron chi connectivity index (χ1n) is 5.47. The molecule has 0 saturated carbocycles. The maximum atomic E-state index is 11.3. The van der Waals surface area contributed by atoms with Crippen LogP contribution in [0, 0.1) is 0 Å². The van der Waals surface area contributed by atoms with Gasteiger partial charge in [0, 0.05) is 25.8 Å². The Hall–Kier alpha value is -2.21. The molecule has 0 aliphatic rings. The standard InChI is InChI=1S/C12H13ClN4O2/c1-17(2)7-3-4-8(14)9(5-7)19-12-10(13)11(18)15-6-16-12/h3-6H,14H2,1-2H3,(H,15,16,18). The average molecular weight is 281 g/mol. The summed E-state index contributed by atoms with van der Waals surface area (Å²) in [6.45, 7) is 0. The van der Waals surface area contributed by atoms with Crippen LogP contribution >= 0.6 is 11.6 Å². The molecule has 2 aromatic rings. The highest BCUT2D eigenvalue weighted by atomic mass is 35.5. The minimum absolute atomic E-state index is 0.0213. The van der Waals surface area contributed by atoms with Crippen molar-refractivity contribution < 1.29 is 4.74 Å². The zero-order valence-electron chi connectivity index (χ0n) is 10.5. The van der Waals surface area contributed by atoms with Gasteiger partial charge in [-0.15, -0.1) is 0 Å². The van der Waals surface area contributed by atoms with Gasteiger partial charge < -0.3 is 20.4 Å². The van der Waals surface area contributed by atoms with Crippen molar-refractivity contribution >= 4 is 23.0 Å². The van der Waals surface area contributed by atoms with Gasteiger partial charge >= 0.3 is 0 Å². The smallest absolute Gasteiger partial charge is 0.273 e. The number of nitrogens with one attached hydrogen (secondary N) is 1. The summed E-state index contributed by atoms with van der Waals surface area (Å²) < 4.78 is 5.50. The van der Waals surface area contributed by atoms with Crippen LogP contribution < -0.4 is 20.9 Å². The first kappa shape index (κ1) is 13.2. The summed E-state index contributed by atoms with van der Waals surface area (Å²) >= 11 is 5.82. The first-order valence-corrected chi connectivity index (χ1v) is 5.84. The van der Waals surface area contributed by atoms with Crippen molar-refractivity contribution in [2.75, 3.05) is 24.7 Å². The highest BCUT2D eigenvalue weighted by Crippen LogP contribution is 2.31. The molecule has 100 valence electrons. The Bertz CT molecular complexity index is 654. The maximum absolute atomic E-state index is 11.3. The van der Waals surface area contributed by atoms with Crippen LogP contribution in [0.15, 0.2) is 29.3 Å². The van der Waals surface area contributed by atoms with Crippen LogP contribution in [0.5, 0.6) is 11.6 Å². The van der Waals surface area contributed by atoms with Gasteiger partial charge in [-0.05, 0) is 12.1 Å². The zero-order chi connectivity index (χ0) is 14.0. The number of nitrogen functional groups attached to an aromatic ring is 1. The zero-order valence-corrected chi connectivity index (χ0v) is 11.2. The molecule has 0 aliphatic carbocycles. The largest absolute Gasteiger partial charge is 0.435 e. The summed E-state index contributed by atoms with van der Waals surface area (Å²) in [6.07, 6.45) is 1.22. The predicted octanol–water partition coefficient (Wildman–Crippen LogP) is 1.86. The van der Waals surface area contributed by atoms with Gasteiger partial charge in [0.2, 0.25) is 5.88 Å². The number of halogens is 1. The molecule has 1 heterocycles. The van der Waals surface area contributed by atoms with E-state index in [-0.39, 0.29) is 10.9 Å². The fourth-order valence-corrected chi connectivity index (χ4v) is 1.57. The Morgan fingerprint density at radius 3 is 2.84 bits per heavy atom. The van der Waals surface area contributed by atoms with E-state index in [1.54, 1.807) is 12.1 Å². The summed E-state index contributed by atoms with van der Waals surface area (Å²) in [7, 11) is 3.79. The van der Waals surface area contributed by atoms with Gasteiger partial charge in [-0.2, -0.15) is 0 Å². The second-order valence-electron chi connectivity index (χ2n) is 4.07. The van der Waals surface area contributed by atoms with Gasteiger partial charge in [0.1, 0.15) is 0 Å². The number of hydrogen-bond donors (Lipinski definition) is 2. The van der Waals surface area contributed by atoms with Gasteiger partial charge in [-0.3, -0.25) is 4.79 Å². The number of nitrogens with two attached hydrogens (primary N) is 1. The van der Waals surface area contributed by atoms with Gasteiger partial charge in [0.05, 0.1) is 12.0 Å². The van der Waals surface area contributed by atoms with E-state index in [1.165, 1.54) is 6.33 Å². The van der Waals surface area contributed by atoms with Crippen molar-refractivity contribution in [2.24, 2.45) is 0 Å². The second kappa shape index (κ2) is 5.19. The summed E-state index contributed by atoms with van der Waals surface area (Å²) in [5, 5.41) is -0.114. The Morgan fingerprint density at radius 2 is 2.16 bits per heavy atom. The van der Waals surface area contributed by atoms with E-state index in [9.17, 15) is 4.79 Å². The molecule has 3 N–H and O–H groups in total. The molecule has 0 atom stereocenters. The third-order valence-electron chi connectivity index (χ3n) is 2.48. The molecule has 1 aromatic carbocycles. The Labute approximate surface area is 114 Å². The molecule has 0 fully saturated rings. The van der Waals surface area contributed by atoms with E-state index in [0.29, 0.717) is 11.4 Å². The quantitative estimate of drug-likeness (QED) is 0.839. The van der Waals surface area contributed by atoms with Gasteiger partial charge in [-0.25, -0.2) is 4.98 Å². The number of aromatic amines is 1. The molecule has 19 heavy (non-hydrogen) atoms. The molecule has 7 heteroatoms. The summed E-state index contributed by atoms with van der Waals surface area (Å²) in [5.41, 5.74) is 6.70. The van der Waals surface area contributed by atoms with Crippen molar-refractivity contribution in [3.8, 4) is 11.6 Å². The lowest BCUT2D eigenvalue weighted by Gasteiger charge is -2.15. The fraction of sp³-hybridized carbons (Fsp3) is 0.167. The molecule has 0 bridgehead atoms. The third kappa shape index (κ3) is 2.79. The number of hydrogen-bond acceptors (Lipinski definition) is 5. The molecule has 6 nitrogen and oxygen atoms in total. The monoisotopic (exact) mass is 280 g/mol. The van der Waals surface area contributed by atoms with Crippen molar-refractivity contribution in [1.29, 1.82) is 0 Å². The molecule has 0 spiro atoms. The number of ether oxygens (including phenoxy) is 1. The molecule has 0 radical (unpaired) electrons. The highest BCUT2D eigenvalue weighted by molar-refractivity contribution is 6.31. The maximum Gasteiger partial charge on any atom is 0.273 e. The summed E-state index contributed by atoms with van der Waals surface area (Å²) in [4.78, 5) is 19.5. The first-order chi connectivity index (χ1) is 8.99. The van der Waals surface area contributed by atoms with E-state index >= 15 is 0 Å². The van der Waals surface area contributed by atoms with Crippen LogP contribution in [-0.4, -0.2) is 24.1 Å². The lowest BCUT2D eigenvalue weighted by Crippen LogP contribution is -2.10. The molecule has 1 aromatic heterocycles. The number of H-pyrrole nitrogens is 1. The summed E-state index contributed by atoms with van der Waals surface area (Å²) in [5.74, 6) is 0.416. The average Bonchev–Trinajstić information content (AvgIpc) is 2.37. The number of rotatable bonds is 3. The third-order valence-corrected chi connectivity index (χ3v) is 2.82. The number of aromatic nitrogens is 2. The molecule has 2 rings (SSSR count). The van der Waals surface area contributed by atoms with Crippen LogP contribution in [-0.2, 0) is 0 Å². The summed E-state index contributed by atoms with van der Waals surface area (Å²) in [6, 6.07) is 5.31.